The van der Waals surface area contributed by atoms with Gasteiger partial charge in [-0.25, -0.2) is 0 Å². The number of ketones is 1. The molecule has 0 spiro atoms. The van der Waals surface area contributed by atoms with Gasteiger partial charge in [-0.05, 0) is 42.5 Å². The number of carbonyl (C=O) groups excluding carboxylic acids is 2. The van der Waals surface area contributed by atoms with Gasteiger partial charge in [0, 0.05) is 12.0 Å². The number of benzene rings is 2. The average Bonchev–Trinajstić information content (AvgIpc) is 2.69. The summed E-state index contributed by atoms with van der Waals surface area (Å²) in [4.78, 5) is 25.5. The van der Waals surface area contributed by atoms with E-state index < -0.39 is 5.54 Å². The monoisotopic (exact) mass is 349 g/mol. The Balaban J connectivity index is 1.76. The van der Waals surface area contributed by atoms with Gasteiger partial charge in [-0.2, -0.15) is 0 Å². The summed E-state index contributed by atoms with van der Waals surface area (Å²) in [5.74, 6) is 0.0462. The second-order valence-electron chi connectivity index (χ2n) is 7.21. The molecule has 0 aliphatic heterocycles. The van der Waals surface area contributed by atoms with Crippen molar-refractivity contribution < 1.29 is 9.59 Å². The Bertz CT molecular complexity index is 744. The summed E-state index contributed by atoms with van der Waals surface area (Å²) in [5, 5.41) is 3.10. The van der Waals surface area contributed by atoms with Crippen LogP contribution in [0.1, 0.15) is 62.2 Å². The molecule has 1 aliphatic carbocycles. The molecular weight excluding hydrogens is 322 g/mol. The molecule has 0 heterocycles. The van der Waals surface area contributed by atoms with Gasteiger partial charge in [0.2, 0.25) is 0 Å². The predicted octanol–water partition coefficient (Wildman–Crippen LogP) is 5.16. The minimum Gasteiger partial charge on any atom is -0.340 e. The topological polar surface area (TPSA) is 46.2 Å². The van der Waals surface area contributed by atoms with Crippen LogP contribution in [0.3, 0.4) is 0 Å². The highest BCUT2D eigenvalue weighted by atomic mass is 16.2. The Morgan fingerprint density at radius 2 is 1.50 bits per heavy atom. The molecular formula is C23H27NO2. The zero-order chi connectivity index (χ0) is 18.4. The van der Waals surface area contributed by atoms with Crippen molar-refractivity contribution in [2.75, 3.05) is 0 Å². The second kappa shape index (κ2) is 8.31. The van der Waals surface area contributed by atoms with E-state index in [1.165, 1.54) is 0 Å². The quantitative estimate of drug-likeness (QED) is 0.783. The molecule has 2 aromatic rings. The molecule has 0 aromatic heterocycles. The van der Waals surface area contributed by atoms with E-state index in [9.17, 15) is 9.59 Å². The fourth-order valence-corrected chi connectivity index (χ4v) is 3.83. The van der Waals surface area contributed by atoms with Crippen LogP contribution in [0.4, 0.5) is 0 Å². The average molecular weight is 349 g/mol. The third kappa shape index (κ3) is 4.04. The molecule has 2 aromatic carbocycles. The fraction of sp³-hybridized carbons (Fsp3) is 0.391. The van der Waals surface area contributed by atoms with E-state index >= 15 is 0 Å². The molecule has 3 heteroatoms. The van der Waals surface area contributed by atoms with Crippen LogP contribution in [0.25, 0.3) is 11.1 Å². The van der Waals surface area contributed by atoms with Gasteiger partial charge >= 0.3 is 0 Å². The van der Waals surface area contributed by atoms with Crippen LogP contribution >= 0.6 is 0 Å². The van der Waals surface area contributed by atoms with Gasteiger partial charge in [0.05, 0.1) is 5.54 Å². The molecule has 0 atom stereocenters. The first-order valence-corrected chi connectivity index (χ1v) is 9.66. The van der Waals surface area contributed by atoms with Gasteiger partial charge in [0.15, 0.2) is 5.78 Å². The summed E-state index contributed by atoms with van der Waals surface area (Å²) in [7, 11) is 0. The highest BCUT2D eigenvalue weighted by Gasteiger charge is 2.39. The molecule has 0 saturated heterocycles. The first-order valence-electron chi connectivity index (χ1n) is 9.66. The Labute approximate surface area is 155 Å². The van der Waals surface area contributed by atoms with Gasteiger partial charge in [-0.15, -0.1) is 0 Å². The lowest BCUT2D eigenvalue weighted by atomic mass is 9.77. The summed E-state index contributed by atoms with van der Waals surface area (Å²) in [6.45, 7) is 2.01. The maximum Gasteiger partial charge on any atom is 0.252 e. The Kier molecular flexibility index (Phi) is 5.87. The largest absolute Gasteiger partial charge is 0.340 e. The lowest BCUT2D eigenvalue weighted by Gasteiger charge is -2.36. The second-order valence-corrected chi connectivity index (χ2v) is 7.21. The lowest BCUT2D eigenvalue weighted by Crippen LogP contribution is -2.55. The third-order valence-electron chi connectivity index (χ3n) is 5.32. The molecule has 1 amide bonds. The molecule has 3 rings (SSSR count). The highest BCUT2D eigenvalue weighted by Crippen LogP contribution is 2.31. The molecule has 1 N–H and O–H groups in total. The first-order chi connectivity index (χ1) is 12.6. The van der Waals surface area contributed by atoms with Gasteiger partial charge in [-0.3, -0.25) is 9.59 Å². The van der Waals surface area contributed by atoms with Gasteiger partial charge < -0.3 is 5.32 Å². The van der Waals surface area contributed by atoms with E-state index in [1.807, 2.05) is 49.4 Å². The highest BCUT2D eigenvalue weighted by molar-refractivity contribution is 6.00. The number of hydrogen-bond donors (Lipinski definition) is 1. The Morgan fingerprint density at radius 1 is 0.885 bits per heavy atom. The first kappa shape index (κ1) is 18.4. The van der Waals surface area contributed by atoms with Crippen LogP contribution in [-0.4, -0.2) is 17.2 Å². The Hall–Kier alpha value is -2.42. The smallest absolute Gasteiger partial charge is 0.252 e. The molecule has 136 valence electrons. The van der Waals surface area contributed by atoms with Crippen molar-refractivity contribution in [3.8, 4) is 11.1 Å². The summed E-state index contributed by atoms with van der Waals surface area (Å²) in [6, 6.07) is 17.7. The van der Waals surface area contributed by atoms with Crippen molar-refractivity contribution in [2.24, 2.45) is 0 Å². The molecule has 0 radical (unpaired) electrons. The standard InChI is InChI=1S/C23H27NO2/c1-2-9-21(25)23(16-7-4-8-17-23)24-22(26)20-14-12-19(13-15-20)18-10-5-3-6-11-18/h3,5-6,10-15H,2,4,7-9,16-17H2,1H3,(H,24,26). The van der Waals surface area contributed by atoms with Crippen LogP contribution in [0.15, 0.2) is 54.6 Å². The van der Waals surface area contributed by atoms with E-state index in [0.29, 0.717) is 12.0 Å². The minimum atomic E-state index is -0.663. The van der Waals surface area contributed by atoms with Crippen molar-refractivity contribution in [1.29, 1.82) is 0 Å². The summed E-state index contributed by atoms with van der Waals surface area (Å²) >= 11 is 0. The van der Waals surface area contributed by atoms with Crippen LogP contribution < -0.4 is 5.32 Å². The van der Waals surface area contributed by atoms with Crippen molar-refractivity contribution in [3.05, 3.63) is 60.2 Å². The van der Waals surface area contributed by atoms with Crippen molar-refractivity contribution >= 4 is 11.7 Å². The summed E-state index contributed by atoms with van der Waals surface area (Å²) in [6.07, 6.45) is 6.03. The van der Waals surface area contributed by atoms with Crippen molar-refractivity contribution in [2.45, 2.75) is 57.4 Å². The normalized spacial score (nSPS) is 16.0. The van der Waals surface area contributed by atoms with E-state index in [4.69, 9.17) is 0 Å². The van der Waals surface area contributed by atoms with E-state index in [1.54, 1.807) is 0 Å². The zero-order valence-electron chi connectivity index (χ0n) is 15.5. The molecule has 0 unspecified atom stereocenters. The maximum atomic E-state index is 12.8. The van der Waals surface area contributed by atoms with Gasteiger partial charge in [-0.1, -0.05) is 68.7 Å². The predicted molar refractivity (Wildman–Crippen MR) is 105 cm³/mol. The zero-order valence-corrected chi connectivity index (χ0v) is 15.5. The minimum absolute atomic E-state index is 0.143. The fourth-order valence-electron chi connectivity index (χ4n) is 3.83. The van der Waals surface area contributed by atoms with Crippen LogP contribution in [0.5, 0.6) is 0 Å². The molecule has 1 saturated carbocycles. The molecule has 26 heavy (non-hydrogen) atoms. The lowest BCUT2D eigenvalue weighted by molar-refractivity contribution is -0.126. The summed E-state index contributed by atoms with van der Waals surface area (Å²) < 4.78 is 0. The number of hydrogen-bond acceptors (Lipinski definition) is 2. The number of carbonyl (C=O) groups is 2. The van der Waals surface area contributed by atoms with Crippen LogP contribution in [-0.2, 0) is 4.79 Å². The van der Waals surface area contributed by atoms with E-state index in [-0.39, 0.29) is 11.7 Å². The van der Waals surface area contributed by atoms with Crippen molar-refractivity contribution in [1.82, 2.24) is 5.32 Å². The van der Waals surface area contributed by atoms with Gasteiger partial charge in [0.25, 0.3) is 5.91 Å². The number of Topliss-reactive ketones (excluding diaryl/α,β-unsaturated/α-hetero) is 1. The molecule has 1 fully saturated rings. The van der Waals surface area contributed by atoms with E-state index in [2.05, 4.69) is 17.4 Å². The van der Waals surface area contributed by atoms with Crippen LogP contribution in [0, 0.1) is 0 Å². The summed E-state index contributed by atoms with van der Waals surface area (Å²) in [5.41, 5.74) is 2.15. The van der Waals surface area contributed by atoms with Crippen molar-refractivity contribution in [3.63, 3.8) is 0 Å². The number of nitrogens with one attached hydrogen (secondary N) is 1. The third-order valence-corrected chi connectivity index (χ3v) is 5.32. The molecule has 0 bridgehead atoms. The number of rotatable bonds is 6. The maximum absolute atomic E-state index is 12.8. The van der Waals surface area contributed by atoms with Crippen LogP contribution in [0.2, 0.25) is 0 Å². The number of amides is 1. The Morgan fingerprint density at radius 3 is 2.12 bits per heavy atom. The van der Waals surface area contributed by atoms with Gasteiger partial charge in [0.1, 0.15) is 0 Å². The molecule has 3 nitrogen and oxygen atoms in total. The molecule has 1 aliphatic rings. The van der Waals surface area contributed by atoms with E-state index in [0.717, 1.165) is 49.7 Å². The SMILES string of the molecule is CCCC(=O)C1(NC(=O)c2ccc(-c3ccccc3)cc2)CCCCC1.